The Morgan fingerprint density at radius 3 is 1.97 bits per heavy atom. The lowest BCUT2D eigenvalue weighted by atomic mass is 10.1. The monoisotopic (exact) mass is 477 g/mol. The van der Waals surface area contributed by atoms with Gasteiger partial charge in [-0.05, 0) is 40.4 Å². The first-order valence-corrected chi connectivity index (χ1v) is 10.6. The third-order valence-electron chi connectivity index (χ3n) is 4.78. The molecule has 4 rings (SSSR count). The molecule has 0 aliphatic heterocycles. The highest BCUT2D eigenvalue weighted by molar-refractivity contribution is 9.10. The van der Waals surface area contributed by atoms with E-state index >= 15 is 0 Å². The molecule has 31 heavy (non-hydrogen) atoms. The maximum atomic E-state index is 10.5. The summed E-state index contributed by atoms with van der Waals surface area (Å²) in [5, 5.41) is 29.2. The van der Waals surface area contributed by atoms with Gasteiger partial charge in [-0.15, -0.1) is 0 Å². The number of aromatic hydroxyl groups is 2. The third kappa shape index (κ3) is 4.73. The van der Waals surface area contributed by atoms with Crippen molar-refractivity contribution >= 4 is 15.9 Å². The van der Waals surface area contributed by atoms with E-state index < -0.39 is 0 Å². The molecule has 0 amide bonds. The number of halogens is 1. The van der Waals surface area contributed by atoms with E-state index in [0.29, 0.717) is 28.1 Å². The molecule has 156 valence electrons. The molecule has 4 aromatic rings. The van der Waals surface area contributed by atoms with Gasteiger partial charge in [0, 0.05) is 28.3 Å². The van der Waals surface area contributed by atoms with Crippen LogP contribution in [0.4, 0.5) is 0 Å². The lowest BCUT2D eigenvalue weighted by Gasteiger charge is -2.11. The molecule has 1 heterocycles. The third-order valence-corrected chi connectivity index (χ3v) is 5.41. The molecule has 0 fully saturated rings. The minimum Gasteiger partial charge on any atom is -0.508 e. The number of nitrogens with zero attached hydrogens (tertiary/aromatic N) is 3. The van der Waals surface area contributed by atoms with Crippen LogP contribution in [0.25, 0.3) is 34.2 Å². The highest BCUT2D eigenvalue weighted by Crippen LogP contribution is 2.38. The highest BCUT2D eigenvalue weighted by atomic mass is 79.9. The van der Waals surface area contributed by atoms with Crippen molar-refractivity contribution < 1.29 is 15.3 Å². The zero-order valence-corrected chi connectivity index (χ0v) is 18.1. The molecule has 7 heteroatoms. The Morgan fingerprint density at radius 1 is 0.742 bits per heavy atom. The molecule has 0 radical (unpaired) electrons. The lowest BCUT2D eigenvalue weighted by molar-refractivity contribution is 0.288. The summed E-state index contributed by atoms with van der Waals surface area (Å²) >= 11 is 3.39. The molecule has 3 aromatic carbocycles. The summed E-state index contributed by atoms with van der Waals surface area (Å²) in [4.78, 5) is 13.9. The number of hydrogen-bond donors (Lipinski definition) is 3. The van der Waals surface area contributed by atoms with Crippen LogP contribution in [0.3, 0.4) is 0 Å². The molecule has 0 aliphatic rings. The smallest absolute Gasteiger partial charge is 0.168 e. The SMILES string of the molecule is OCCCc1ccc(-c2nc(-c3ccccc3)nc(-c3c(O)cc(O)cc3Br)n2)cc1. The largest absolute Gasteiger partial charge is 0.508 e. The predicted molar refractivity (Wildman–Crippen MR) is 123 cm³/mol. The molecular weight excluding hydrogens is 458 g/mol. The van der Waals surface area contributed by atoms with Crippen LogP contribution in [0.2, 0.25) is 0 Å². The minimum atomic E-state index is -0.137. The highest BCUT2D eigenvalue weighted by Gasteiger charge is 2.18. The number of aliphatic hydroxyl groups is 1. The van der Waals surface area contributed by atoms with Crippen molar-refractivity contribution in [2.75, 3.05) is 6.61 Å². The molecule has 0 aliphatic carbocycles. The van der Waals surface area contributed by atoms with Crippen LogP contribution in [-0.4, -0.2) is 36.9 Å². The van der Waals surface area contributed by atoms with E-state index in [-0.39, 0.29) is 23.9 Å². The number of rotatable bonds is 6. The van der Waals surface area contributed by atoms with E-state index in [0.717, 1.165) is 23.1 Å². The summed E-state index contributed by atoms with van der Waals surface area (Å²) in [6.45, 7) is 0.157. The van der Waals surface area contributed by atoms with E-state index in [9.17, 15) is 10.2 Å². The molecule has 3 N–H and O–H groups in total. The van der Waals surface area contributed by atoms with Crippen molar-refractivity contribution in [2.45, 2.75) is 12.8 Å². The van der Waals surface area contributed by atoms with Crippen LogP contribution in [0.15, 0.2) is 71.2 Å². The van der Waals surface area contributed by atoms with Gasteiger partial charge in [0.1, 0.15) is 11.5 Å². The Hall–Kier alpha value is -3.29. The Morgan fingerprint density at radius 2 is 1.35 bits per heavy atom. The van der Waals surface area contributed by atoms with Crippen molar-refractivity contribution in [1.29, 1.82) is 0 Å². The van der Waals surface area contributed by atoms with Crippen molar-refractivity contribution in [3.8, 4) is 45.7 Å². The fourth-order valence-corrected chi connectivity index (χ4v) is 3.85. The molecule has 0 unspecified atom stereocenters. The number of phenols is 2. The standard InChI is InChI=1S/C24H20BrN3O3/c25-19-13-18(30)14-20(31)21(19)24-27-22(16-6-2-1-3-7-16)26-23(28-24)17-10-8-15(9-11-17)5-4-12-29/h1-3,6-11,13-14,29-31H,4-5,12H2. The van der Waals surface area contributed by atoms with Gasteiger partial charge in [-0.25, -0.2) is 15.0 Å². The summed E-state index contributed by atoms with van der Waals surface area (Å²) in [6, 6.07) is 20.1. The maximum absolute atomic E-state index is 10.5. The predicted octanol–water partition coefficient (Wildman–Crippen LogP) is 4.97. The van der Waals surface area contributed by atoms with Crippen LogP contribution in [0.1, 0.15) is 12.0 Å². The first-order valence-electron chi connectivity index (χ1n) is 9.78. The zero-order valence-electron chi connectivity index (χ0n) is 16.5. The summed E-state index contributed by atoms with van der Waals surface area (Å²) in [5.41, 5.74) is 3.12. The van der Waals surface area contributed by atoms with Gasteiger partial charge >= 0.3 is 0 Å². The first kappa shape index (κ1) is 21.0. The summed E-state index contributed by atoms with van der Waals surface area (Å²) in [7, 11) is 0. The zero-order chi connectivity index (χ0) is 21.8. The summed E-state index contributed by atoms with van der Waals surface area (Å²) in [5.74, 6) is 1.03. The summed E-state index contributed by atoms with van der Waals surface area (Å²) < 4.78 is 0.473. The first-order chi connectivity index (χ1) is 15.0. The molecule has 0 atom stereocenters. The quantitative estimate of drug-likeness (QED) is 0.362. The topological polar surface area (TPSA) is 99.4 Å². The Kier molecular flexibility index (Phi) is 6.25. The minimum absolute atomic E-state index is 0.0656. The number of aryl methyl sites for hydroxylation is 1. The second-order valence-corrected chi connectivity index (χ2v) is 7.87. The molecule has 0 spiro atoms. The van der Waals surface area contributed by atoms with E-state index in [1.54, 1.807) is 0 Å². The summed E-state index contributed by atoms with van der Waals surface area (Å²) in [6.07, 6.45) is 1.50. The molecule has 0 saturated heterocycles. The van der Waals surface area contributed by atoms with Gasteiger partial charge < -0.3 is 15.3 Å². The van der Waals surface area contributed by atoms with Gasteiger partial charge in [0.2, 0.25) is 0 Å². The normalized spacial score (nSPS) is 10.9. The fraction of sp³-hybridized carbons (Fsp3) is 0.125. The van der Waals surface area contributed by atoms with E-state index in [1.807, 2.05) is 54.6 Å². The number of hydrogen-bond acceptors (Lipinski definition) is 6. The van der Waals surface area contributed by atoms with Gasteiger partial charge in [-0.2, -0.15) is 0 Å². The van der Waals surface area contributed by atoms with Gasteiger partial charge in [0.15, 0.2) is 17.5 Å². The average molecular weight is 478 g/mol. The lowest BCUT2D eigenvalue weighted by Crippen LogP contribution is -2.01. The van der Waals surface area contributed by atoms with Gasteiger partial charge in [0.05, 0.1) is 5.56 Å². The van der Waals surface area contributed by atoms with Crippen molar-refractivity contribution in [2.24, 2.45) is 0 Å². The van der Waals surface area contributed by atoms with Crippen LogP contribution in [0.5, 0.6) is 11.5 Å². The van der Waals surface area contributed by atoms with Crippen LogP contribution in [0, 0.1) is 0 Å². The molecule has 1 aromatic heterocycles. The van der Waals surface area contributed by atoms with E-state index in [2.05, 4.69) is 30.9 Å². The number of aromatic nitrogens is 3. The van der Waals surface area contributed by atoms with Crippen molar-refractivity contribution in [3.05, 3.63) is 76.8 Å². The number of benzene rings is 3. The van der Waals surface area contributed by atoms with Crippen molar-refractivity contribution in [3.63, 3.8) is 0 Å². The molecule has 0 bridgehead atoms. The molecule has 0 saturated carbocycles. The van der Waals surface area contributed by atoms with Crippen LogP contribution < -0.4 is 0 Å². The fourth-order valence-electron chi connectivity index (χ4n) is 3.24. The Labute approximate surface area is 188 Å². The van der Waals surface area contributed by atoms with Gasteiger partial charge in [-0.1, -0.05) is 54.6 Å². The number of aliphatic hydroxyl groups excluding tert-OH is 1. The second kappa shape index (κ2) is 9.24. The average Bonchev–Trinajstić information content (AvgIpc) is 2.78. The van der Waals surface area contributed by atoms with E-state index in [1.165, 1.54) is 12.1 Å². The van der Waals surface area contributed by atoms with Crippen LogP contribution in [-0.2, 0) is 6.42 Å². The molecular formula is C24H20BrN3O3. The van der Waals surface area contributed by atoms with Gasteiger partial charge in [0.25, 0.3) is 0 Å². The van der Waals surface area contributed by atoms with E-state index in [4.69, 9.17) is 5.11 Å². The van der Waals surface area contributed by atoms with Gasteiger partial charge in [-0.3, -0.25) is 0 Å². The number of phenolic OH excluding ortho intramolecular Hbond substituents is 2. The molecule has 6 nitrogen and oxygen atoms in total. The Bertz CT molecular complexity index is 1180. The maximum Gasteiger partial charge on any atom is 0.168 e. The van der Waals surface area contributed by atoms with Crippen LogP contribution >= 0.6 is 15.9 Å². The Balaban J connectivity index is 1.85. The van der Waals surface area contributed by atoms with Crippen molar-refractivity contribution in [1.82, 2.24) is 15.0 Å². The second-order valence-electron chi connectivity index (χ2n) is 7.02.